The van der Waals surface area contributed by atoms with Crippen molar-refractivity contribution in [3.8, 4) is 0 Å². The molecule has 0 aliphatic heterocycles. The molecular weight excluding hydrogens is 763 g/mol. The number of aliphatic hydroxyl groups excluding tert-OH is 3. The van der Waals surface area contributed by atoms with E-state index in [0.29, 0.717) is 12.8 Å². The molecule has 0 aliphatic carbocycles. The molecule has 1 amide bonds. The Bertz CT molecular complexity index is 1000. The lowest BCUT2D eigenvalue weighted by molar-refractivity contribution is -0.124. The summed E-state index contributed by atoms with van der Waals surface area (Å²) in [5, 5.41) is 33.7. The van der Waals surface area contributed by atoms with Crippen LogP contribution in [0.2, 0.25) is 0 Å². The molecule has 0 spiro atoms. The van der Waals surface area contributed by atoms with Crippen molar-refractivity contribution in [1.29, 1.82) is 0 Å². The highest BCUT2D eigenvalue weighted by molar-refractivity contribution is 5.76. The Hall–Kier alpha value is -1.69. The predicted molar refractivity (Wildman–Crippen MR) is 273 cm³/mol. The van der Waals surface area contributed by atoms with Crippen LogP contribution >= 0.6 is 0 Å². The van der Waals surface area contributed by atoms with Crippen LogP contribution in [-0.2, 0) is 4.79 Å². The van der Waals surface area contributed by atoms with Gasteiger partial charge in [0, 0.05) is 6.42 Å². The molecule has 5 nitrogen and oxygen atoms in total. The van der Waals surface area contributed by atoms with Gasteiger partial charge in [-0.3, -0.25) is 4.79 Å². The number of unbranched alkanes of at least 4 members (excludes halogenated alkanes) is 34. The van der Waals surface area contributed by atoms with Gasteiger partial charge < -0.3 is 20.6 Å². The summed E-state index contributed by atoms with van der Waals surface area (Å²) in [5.74, 6) is -0.159. The van der Waals surface area contributed by atoms with E-state index < -0.39 is 18.2 Å². The molecule has 0 fully saturated rings. The van der Waals surface area contributed by atoms with Crippen molar-refractivity contribution in [2.75, 3.05) is 6.61 Å². The third-order valence-electron chi connectivity index (χ3n) is 12.6. The van der Waals surface area contributed by atoms with Gasteiger partial charge in [-0.05, 0) is 83.5 Å². The second-order valence-corrected chi connectivity index (χ2v) is 18.8. The summed E-state index contributed by atoms with van der Waals surface area (Å²) in [5.41, 5.74) is 0. The zero-order chi connectivity index (χ0) is 45.1. The monoisotopic (exact) mass is 870 g/mol. The molecule has 0 saturated heterocycles. The van der Waals surface area contributed by atoms with Crippen LogP contribution in [0, 0.1) is 0 Å². The van der Waals surface area contributed by atoms with Crippen molar-refractivity contribution in [2.24, 2.45) is 0 Å². The molecule has 364 valence electrons. The van der Waals surface area contributed by atoms with E-state index in [0.717, 1.165) is 51.4 Å². The summed E-state index contributed by atoms with van der Waals surface area (Å²) < 4.78 is 0. The molecule has 0 aliphatic rings. The van der Waals surface area contributed by atoms with Crippen molar-refractivity contribution < 1.29 is 20.1 Å². The first kappa shape index (κ1) is 60.3. The van der Waals surface area contributed by atoms with Gasteiger partial charge in [0.2, 0.25) is 5.91 Å². The van der Waals surface area contributed by atoms with E-state index >= 15 is 0 Å². The number of allylic oxidation sites excluding steroid dienone is 8. The van der Waals surface area contributed by atoms with E-state index in [9.17, 15) is 20.1 Å². The molecule has 0 aromatic carbocycles. The lowest BCUT2D eigenvalue weighted by Crippen LogP contribution is -2.50. The number of carbonyl (C=O) groups excluding carboxylic acids is 1. The van der Waals surface area contributed by atoms with Gasteiger partial charge in [0.05, 0.1) is 18.8 Å². The van der Waals surface area contributed by atoms with Crippen molar-refractivity contribution in [2.45, 2.75) is 302 Å². The van der Waals surface area contributed by atoms with E-state index in [-0.39, 0.29) is 12.5 Å². The highest BCUT2D eigenvalue weighted by Gasteiger charge is 2.26. The first-order valence-electron chi connectivity index (χ1n) is 27.4. The second kappa shape index (κ2) is 51.9. The highest BCUT2D eigenvalue weighted by atomic mass is 16.3. The molecule has 5 heteroatoms. The molecule has 0 saturated carbocycles. The van der Waals surface area contributed by atoms with Crippen molar-refractivity contribution >= 4 is 5.91 Å². The van der Waals surface area contributed by atoms with E-state index in [2.05, 4.69) is 67.8 Å². The van der Waals surface area contributed by atoms with E-state index in [1.165, 1.54) is 205 Å². The number of rotatable bonds is 50. The van der Waals surface area contributed by atoms with Crippen LogP contribution < -0.4 is 5.32 Å². The van der Waals surface area contributed by atoms with Gasteiger partial charge in [0.1, 0.15) is 6.10 Å². The maximum Gasteiger partial charge on any atom is 0.220 e. The molecule has 0 heterocycles. The summed E-state index contributed by atoms with van der Waals surface area (Å²) >= 11 is 0. The number of hydrogen-bond donors (Lipinski definition) is 4. The van der Waals surface area contributed by atoms with E-state index in [1.54, 1.807) is 0 Å². The van der Waals surface area contributed by atoms with Gasteiger partial charge >= 0.3 is 0 Å². The number of carbonyl (C=O) groups is 1. The Kier molecular flexibility index (Phi) is 50.5. The van der Waals surface area contributed by atoms with Gasteiger partial charge in [0.25, 0.3) is 0 Å². The molecule has 4 N–H and O–H groups in total. The Labute approximate surface area is 387 Å². The van der Waals surface area contributed by atoms with E-state index in [4.69, 9.17) is 0 Å². The van der Waals surface area contributed by atoms with Crippen LogP contribution in [0.3, 0.4) is 0 Å². The second-order valence-electron chi connectivity index (χ2n) is 18.8. The molecule has 0 rings (SSSR count). The molecule has 62 heavy (non-hydrogen) atoms. The molecule has 0 aromatic rings. The maximum absolute atomic E-state index is 12.5. The Balaban J connectivity index is 3.62. The summed E-state index contributed by atoms with van der Waals surface area (Å²) in [4.78, 5) is 12.5. The number of nitrogens with one attached hydrogen (secondary N) is 1. The Morgan fingerprint density at radius 1 is 0.403 bits per heavy atom. The number of hydrogen-bond acceptors (Lipinski definition) is 4. The van der Waals surface area contributed by atoms with Gasteiger partial charge in [-0.1, -0.05) is 242 Å². The molecule has 0 bridgehead atoms. The topological polar surface area (TPSA) is 89.8 Å². The van der Waals surface area contributed by atoms with Crippen LogP contribution in [0.4, 0.5) is 0 Å². The average Bonchev–Trinajstić information content (AvgIpc) is 3.28. The van der Waals surface area contributed by atoms with Gasteiger partial charge in [-0.15, -0.1) is 0 Å². The van der Waals surface area contributed by atoms with Gasteiger partial charge in [-0.25, -0.2) is 0 Å². The van der Waals surface area contributed by atoms with Crippen molar-refractivity contribution in [3.63, 3.8) is 0 Å². The van der Waals surface area contributed by atoms with Crippen molar-refractivity contribution in [1.82, 2.24) is 5.32 Å². The number of aliphatic hydroxyl groups is 3. The third kappa shape index (κ3) is 46.3. The maximum atomic E-state index is 12.5. The summed E-state index contributed by atoms with van der Waals surface area (Å²) in [6, 6.07) is -0.836. The van der Waals surface area contributed by atoms with Crippen molar-refractivity contribution in [3.05, 3.63) is 48.6 Å². The molecule has 3 atom stereocenters. The molecule has 0 aromatic heterocycles. The summed E-state index contributed by atoms with van der Waals surface area (Å²) in [7, 11) is 0. The van der Waals surface area contributed by atoms with Gasteiger partial charge in [0.15, 0.2) is 0 Å². The first-order chi connectivity index (χ1) is 30.6. The fraction of sp³-hybridized carbons (Fsp3) is 0.842. The summed E-state index contributed by atoms with van der Waals surface area (Å²) in [6.45, 7) is 4.18. The molecule has 3 unspecified atom stereocenters. The van der Waals surface area contributed by atoms with Crippen LogP contribution in [0.1, 0.15) is 284 Å². The van der Waals surface area contributed by atoms with E-state index in [1.807, 2.05) is 0 Å². The van der Waals surface area contributed by atoms with Crippen LogP contribution in [-0.4, -0.2) is 46.1 Å². The zero-order valence-electron chi connectivity index (χ0n) is 41.5. The Morgan fingerprint density at radius 3 is 1.08 bits per heavy atom. The summed E-state index contributed by atoms with van der Waals surface area (Å²) in [6.07, 6.45) is 68.3. The quantitative estimate of drug-likeness (QED) is 0.0362. The fourth-order valence-corrected chi connectivity index (χ4v) is 8.39. The fourth-order valence-electron chi connectivity index (χ4n) is 8.39. The third-order valence-corrected chi connectivity index (χ3v) is 12.6. The average molecular weight is 870 g/mol. The normalized spacial score (nSPS) is 13.7. The smallest absolute Gasteiger partial charge is 0.220 e. The minimum absolute atomic E-state index is 0.159. The lowest BCUT2D eigenvalue weighted by Gasteiger charge is -2.26. The lowest BCUT2D eigenvalue weighted by atomic mass is 10.0. The number of amides is 1. The van der Waals surface area contributed by atoms with Crippen LogP contribution in [0.25, 0.3) is 0 Å². The zero-order valence-corrected chi connectivity index (χ0v) is 41.5. The minimum atomic E-state index is -1.17. The minimum Gasteiger partial charge on any atom is -0.394 e. The van der Waals surface area contributed by atoms with Crippen LogP contribution in [0.15, 0.2) is 48.6 Å². The van der Waals surface area contributed by atoms with Gasteiger partial charge in [-0.2, -0.15) is 0 Å². The van der Waals surface area contributed by atoms with Crippen LogP contribution in [0.5, 0.6) is 0 Å². The SMILES string of the molecule is CCCCCCCCCCC/C=C\C/C=C\CCCCCCCCCCCCCC(=O)NC(CO)C(O)C(O)CCC/C=C/CC/C=C/CCCCCCCCCCCCCC. The standard InChI is InChI=1S/C57H107NO4/c1-3-5-7-9-11-13-15-17-19-21-23-25-26-27-28-29-30-32-34-36-38-40-42-44-46-48-50-52-56(61)58-54(53-59)57(62)55(60)51-49-47-45-43-41-39-37-35-33-31-24-22-20-18-16-14-12-10-8-6-4-2/h23,25,27-28,35,37,43,45,54-55,57,59-60,62H,3-22,24,26,29-34,36,38-42,44,46-53H2,1-2H3,(H,58,61)/b25-23-,28-27-,37-35+,45-43+. The highest BCUT2D eigenvalue weighted by Crippen LogP contribution is 2.16. The molecule has 0 radical (unpaired) electrons. The first-order valence-corrected chi connectivity index (χ1v) is 27.4. The largest absolute Gasteiger partial charge is 0.394 e. The molecular formula is C57H107NO4. The predicted octanol–water partition coefficient (Wildman–Crippen LogP) is 16.8. The Morgan fingerprint density at radius 2 is 0.710 bits per heavy atom.